The van der Waals surface area contributed by atoms with Crippen LogP contribution in [0.3, 0.4) is 0 Å². The fraction of sp³-hybridized carbons (Fsp3) is 0.667. The molecule has 21 heavy (non-hydrogen) atoms. The molecule has 1 amide bonds. The van der Waals surface area contributed by atoms with Crippen LogP contribution < -0.4 is 0 Å². The average molecular weight is 292 g/mol. The van der Waals surface area contributed by atoms with E-state index in [0.717, 1.165) is 25.2 Å². The number of hydrogen-bond acceptors (Lipinski definition) is 5. The Balaban J connectivity index is 1.77. The smallest absolute Gasteiger partial charge is 0.222 e. The molecule has 0 saturated carbocycles. The molecule has 6 nitrogen and oxygen atoms in total. The van der Waals surface area contributed by atoms with Crippen molar-refractivity contribution in [1.29, 1.82) is 0 Å². The Labute approximate surface area is 126 Å². The van der Waals surface area contributed by atoms with E-state index in [1.165, 1.54) is 0 Å². The van der Waals surface area contributed by atoms with Gasteiger partial charge in [0.25, 0.3) is 0 Å². The van der Waals surface area contributed by atoms with Gasteiger partial charge in [0.05, 0.1) is 11.8 Å². The summed E-state index contributed by atoms with van der Waals surface area (Å²) in [5, 5.41) is 0. The molecular weight excluding hydrogens is 268 g/mol. The Morgan fingerprint density at radius 3 is 2.95 bits per heavy atom. The minimum absolute atomic E-state index is 0.148. The van der Waals surface area contributed by atoms with Gasteiger partial charge in [0.1, 0.15) is 0 Å². The molecule has 0 bridgehead atoms. The molecule has 0 radical (unpaired) electrons. The molecule has 1 aromatic heterocycles. The summed E-state index contributed by atoms with van der Waals surface area (Å²) in [6, 6.07) is 0.375. The Morgan fingerprint density at radius 1 is 1.52 bits per heavy atom. The van der Waals surface area contributed by atoms with Crippen LogP contribution in [0.5, 0.6) is 0 Å². The van der Waals surface area contributed by atoms with Crippen LogP contribution in [0.2, 0.25) is 0 Å². The molecule has 1 fully saturated rings. The predicted molar refractivity (Wildman–Crippen MR) is 79.8 cm³/mol. The van der Waals surface area contributed by atoms with Crippen LogP contribution >= 0.6 is 0 Å². The number of aryl methyl sites for hydroxylation is 1. The SMILES string of the molecule is CO[C@H]1C[C@@H](CN(C)C(=O)CCc2cnccn2)N(C)C1. The molecule has 0 aliphatic carbocycles. The van der Waals surface area contributed by atoms with Crippen LogP contribution in [-0.2, 0) is 16.0 Å². The van der Waals surface area contributed by atoms with Crippen molar-refractivity contribution in [3.05, 3.63) is 24.3 Å². The molecule has 1 saturated heterocycles. The summed E-state index contributed by atoms with van der Waals surface area (Å²) in [5.74, 6) is 0.148. The zero-order valence-corrected chi connectivity index (χ0v) is 13.0. The van der Waals surface area contributed by atoms with Crippen molar-refractivity contribution < 1.29 is 9.53 Å². The number of carbonyl (C=O) groups excluding carboxylic acids is 1. The number of hydrogen-bond donors (Lipinski definition) is 0. The first-order chi connectivity index (χ1) is 10.1. The average Bonchev–Trinajstić information content (AvgIpc) is 2.86. The second-order valence-electron chi connectivity index (χ2n) is 5.66. The molecule has 0 aromatic carbocycles. The largest absolute Gasteiger partial charge is 0.380 e. The first-order valence-corrected chi connectivity index (χ1v) is 7.32. The summed E-state index contributed by atoms with van der Waals surface area (Å²) in [7, 11) is 5.70. The van der Waals surface area contributed by atoms with Crippen molar-refractivity contribution in [2.75, 3.05) is 34.3 Å². The molecule has 6 heteroatoms. The maximum absolute atomic E-state index is 12.2. The van der Waals surface area contributed by atoms with Gasteiger partial charge in [-0.25, -0.2) is 0 Å². The van der Waals surface area contributed by atoms with E-state index in [1.54, 1.807) is 25.7 Å². The first-order valence-electron chi connectivity index (χ1n) is 7.32. The minimum Gasteiger partial charge on any atom is -0.380 e. The number of amides is 1. The van der Waals surface area contributed by atoms with E-state index in [4.69, 9.17) is 4.74 Å². The third kappa shape index (κ3) is 4.47. The van der Waals surface area contributed by atoms with Crippen molar-refractivity contribution in [2.45, 2.75) is 31.4 Å². The van der Waals surface area contributed by atoms with E-state index in [2.05, 4.69) is 21.9 Å². The lowest BCUT2D eigenvalue weighted by atomic mass is 10.1. The van der Waals surface area contributed by atoms with Crippen LogP contribution in [0, 0.1) is 0 Å². The van der Waals surface area contributed by atoms with E-state index in [9.17, 15) is 4.79 Å². The van der Waals surface area contributed by atoms with Gasteiger partial charge in [-0.1, -0.05) is 0 Å². The maximum atomic E-state index is 12.2. The standard InChI is InChI=1S/C15H24N4O2/c1-18-11-14(21-3)8-13(18)10-19(2)15(20)5-4-12-9-16-6-7-17-12/h6-7,9,13-14H,4-5,8,10-11H2,1-3H3/t13-,14-/m0/s1. The quantitative estimate of drug-likeness (QED) is 0.768. The number of carbonyl (C=O) groups is 1. The third-order valence-corrected chi connectivity index (χ3v) is 4.11. The highest BCUT2D eigenvalue weighted by atomic mass is 16.5. The van der Waals surface area contributed by atoms with Gasteiger partial charge in [0.2, 0.25) is 5.91 Å². The molecular formula is C15H24N4O2. The second kappa shape index (κ2) is 7.47. The van der Waals surface area contributed by atoms with Gasteiger partial charge in [-0.3, -0.25) is 19.7 Å². The predicted octanol–water partition coefficient (Wildman–Crippen LogP) is 0.587. The van der Waals surface area contributed by atoms with Crippen LogP contribution in [0.15, 0.2) is 18.6 Å². The second-order valence-corrected chi connectivity index (χ2v) is 5.66. The highest BCUT2D eigenvalue weighted by molar-refractivity contribution is 5.76. The maximum Gasteiger partial charge on any atom is 0.222 e. The summed E-state index contributed by atoms with van der Waals surface area (Å²) in [5.41, 5.74) is 0.858. The number of likely N-dealkylation sites (tertiary alicyclic amines) is 1. The van der Waals surface area contributed by atoms with Crippen molar-refractivity contribution in [3.8, 4) is 0 Å². The normalized spacial score (nSPS) is 22.4. The summed E-state index contributed by atoms with van der Waals surface area (Å²) in [4.78, 5) is 24.5. The van der Waals surface area contributed by atoms with Gasteiger partial charge in [0, 0.05) is 58.3 Å². The molecule has 1 aliphatic heterocycles. The van der Waals surface area contributed by atoms with Gasteiger partial charge < -0.3 is 9.64 Å². The molecule has 2 heterocycles. The van der Waals surface area contributed by atoms with E-state index in [-0.39, 0.29) is 12.0 Å². The number of nitrogens with zero attached hydrogens (tertiary/aromatic N) is 4. The van der Waals surface area contributed by atoms with Crippen molar-refractivity contribution >= 4 is 5.91 Å². The lowest BCUT2D eigenvalue weighted by Gasteiger charge is -2.25. The van der Waals surface area contributed by atoms with E-state index in [1.807, 2.05) is 11.9 Å². The molecule has 1 aliphatic rings. The van der Waals surface area contributed by atoms with E-state index < -0.39 is 0 Å². The van der Waals surface area contributed by atoms with Crippen LogP contribution in [0.1, 0.15) is 18.5 Å². The molecule has 2 atom stereocenters. The molecule has 116 valence electrons. The van der Waals surface area contributed by atoms with E-state index in [0.29, 0.717) is 18.9 Å². The van der Waals surface area contributed by atoms with Crippen LogP contribution in [0.4, 0.5) is 0 Å². The Morgan fingerprint density at radius 2 is 2.33 bits per heavy atom. The lowest BCUT2D eigenvalue weighted by Crippen LogP contribution is -2.39. The summed E-state index contributed by atoms with van der Waals surface area (Å²) < 4.78 is 5.40. The van der Waals surface area contributed by atoms with Crippen molar-refractivity contribution in [3.63, 3.8) is 0 Å². The number of likely N-dealkylation sites (N-methyl/N-ethyl adjacent to an activating group) is 2. The molecule has 0 unspecified atom stereocenters. The number of ether oxygens (including phenoxy) is 1. The minimum atomic E-state index is 0.148. The monoisotopic (exact) mass is 292 g/mol. The van der Waals surface area contributed by atoms with Crippen LogP contribution in [-0.4, -0.2) is 72.1 Å². The fourth-order valence-corrected chi connectivity index (χ4v) is 2.72. The number of methoxy groups -OCH3 is 1. The van der Waals surface area contributed by atoms with Gasteiger partial charge in [-0.2, -0.15) is 0 Å². The highest BCUT2D eigenvalue weighted by Crippen LogP contribution is 2.18. The molecule has 2 rings (SSSR count). The first kappa shape index (κ1) is 15.9. The van der Waals surface area contributed by atoms with E-state index >= 15 is 0 Å². The van der Waals surface area contributed by atoms with Gasteiger partial charge in [0.15, 0.2) is 0 Å². The van der Waals surface area contributed by atoms with Gasteiger partial charge in [-0.05, 0) is 19.9 Å². The molecule has 1 aromatic rings. The summed E-state index contributed by atoms with van der Waals surface area (Å²) >= 11 is 0. The van der Waals surface area contributed by atoms with Crippen molar-refractivity contribution in [1.82, 2.24) is 19.8 Å². The zero-order chi connectivity index (χ0) is 15.2. The van der Waals surface area contributed by atoms with Gasteiger partial charge >= 0.3 is 0 Å². The zero-order valence-electron chi connectivity index (χ0n) is 13.0. The highest BCUT2D eigenvalue weighted by Gasteiger charge is 2.30. The molecule has 0 N–H and O–H groups in total. The fourth-order valence-electron chi connectivity index (χ4n) is 2.72. The summed E-state index contributed by atoms with van der Waals surface area (Å²) in [6.07, 6.45) is 7.37. The Kier molecular flexibility index (Phi) is 5.64. The number of rotatable bonds is 6. The Hall–Kier alpha value is -1.53. The van der Waals surface area contributed by atoms with Crippen molar-refractivity contribution in [2.24, 2.45) is 0 Å². The Bertz CT molecular complexity index is 454. The topological polar surface area (TPSA) is 58.6 Å². The van der Waals surface area contributed by atoms with Crippen LogP contribution in [0.25, 0.3) is 0 Å². The lowest BCUT2D eigenvalue weighted by molar-refractivity contribution is -0.130. The third-order valence-electron chi connectivity index (χ3n) is 4.11. The number of aromatic nitrogens is 2. The summed E-state index contributed by atoms with van der Waals surface area (Å²) in [6.45, 7) is 1.68. The molecule has 0 spiro atoms. The van der Waals surface area contributed by atoms with Gasteiger partial charge in [-0.15, -0.1) is 0 Å².